The molecule has 2 rings (SSSR count). The summed E-state index contributed by atoms with van der Waals surface area (Å²) in [5.74, 6) is 1.80. The molecule has 20 heavy (non-hydrogen) atoms. The number of aromatic amines is 1. The van der Waals surface area contributed by atoms with Crippen LogP contribution >= 0.6 is 0 Å². The number of hydrogen-bond acceptors (Lipinski definition) is 3. The van der Waals surface area contributed by atoms with E-state index in [4.69, 9.17) is 0 Å². The molecule has 110 valence electrons. The van der Waals surface area contributed by atoms with Gasteiger partial charge in [-0.3, -0.25) is 4.68 Å². The lowest BCUT2D eigenvalue weighted by molar-refractivity contribution is 0.572. The fraction of sp³-hybridized carbons (Fsp3) is 0.600. The van der Waals surface area contributed by atoms with Crippen molar-refractivity contribution in [2.75, 3.05) is 5.32 Å². The number of rotatable bonds is 2. The van der Waals surface area contributed by atoms with Crippen LogP contribution in [0.1, 0.15) is 47.2 Å². The largest absolute Gasteiger partial charge is 0.366 e. The molecule has 2 aromatic rings. The molecule has 2 aromatic heterocycles. The van der Waals surface area contributed by atoms with Gasteiger partial charge in [-0.1, -0.05) is 20.8 Å². The van der Waals surface area contributed by atoms with Crippen molar-refractivity contribution >= 4 is 5.82 Å². The molecule has 0 fully saturated rings. The number of hydrogen-bond donors (Lipinski definition) is 2. The summed E-state index contributed by atoms with van der Waals surface area (Å²) in [6, 6.07) is 2.02. The van der Waals surface area contributed by atoms with Crippen molar-refractivity contribution in [3.63, 3.8) is 0 Å². The third-order valence-corrected chi connectivity index (χ3v) is 3.01. The van der Waals surface area contributed by atoms with Crippen molar-refractivity contribution in [2.24, 2.45) is 7.05 Å². The second kappa shape index (κ2) is 4.65. The van der Waals surface area contributed by atoms with Gasteiger partial charge in [-0.15, -0.1) is 0 Å². The quantitative estimate of drug-likeness (QED) is 0.884. The Hall–Kier alpha value is -1.78. The predicted molar refractivity (Wildman–Crippen MR) is 82.9 cm³/mol. The maximum Gasteiger partial charge on any atom is 0.158 e. The van der Waals surface area contributed by atoms with Gasteiger partial charge in [0.1, 0.15) is 11.5 Å². The second-order valence-electron chi connectivity index (χ2n) is 7.31. The molecule has 0 bridgehead atoms. The van der Waals surface area contributed by atoms with Gasteiger partial charge in [0.25, 0.3) is 0 Å². The number of nitrogens with one attached hydrogen (secondary N) is 2. The summed E-state index contributed by atoms with van der Waals surface area (Å²) in [7, 11) is 1.94. The fourth-order valence-corrected chi connectivity index (χ4v) is 1.92. The molecule has 5 nitrogen and oxygen atoms in total. The molecule has 0 unspecified atom stereocenters. The normalized spacial score (nSPS) is 12.8. The Morgan fingerprint density at radius 2 is 1.80 bits per heavy atom. The Balaban J connectivity index is 2.30. The van der Waals surface area contributed by atoms with Gasteiger partial charge in [-0.25, -0.2) is 4.98 Å². The van der Waals surface area contributed by atoms with E-state index in [0.29, 0.717) is 0 Å². The molecular formula is C15H25N5. The van der Waals surface area contributed by atoms with Crippen LogP contribution in [0, 0.1) is 0 Å². The summed E-state index contributed by atoms with van der Waals surface area (Å²) in [5.41, 5.74) is 2.04. The molecule has 0 aliphatic rings. The van der Waals surface area contributed by atoms with E-state index in [1.54, 1.807) is 0 Å². The Kier molecular flexibility index (Phi) is 3.40. The molecule has 0 atom stereocenters. The zero-order chi connectivity index (χ0) is 15.1. The summed E-state index contributed by atoms with van der Waals surface area (Å²) < 4.78 is 1.85. The van der Waals surface area contributed by atoms with Crippen LogP contribution in [0.25, 0.3) is 11.5 Å². The summed E-state index contributed by atoms with van der Waals surface area (Å²) in [6.45, 7) is 12.9. The molecule has 0 saturated heterocycles. The lowest BCUT2D eigenvalue weighted by atomic mass is 9.93. The van der Waals surface area contributed by atoms with Gasteiger partial charge in [0.05, 0.1) is 0 Å². The zero-order valence-corrected chi connectivity index (χ0v) is 13.5. The van der Waals surface area contributed by atoms with Crippen molar-refractivity contribution in [1.82, 2.24) is 19.7 Å². The number of anilines is 1. The molecule has 2 heterocycles. The first-order chi connectivity index (χ1) is 9.06. The number of aryl methyl sites for hydroxylation is 1. The first-order valence-electron chi connectivity index (χ1n) is 6.94. The van der Waals surface area contributed by atoms with Gasteiger partial charge in [-0.05, 0) is 20.8 Å². The van der Waals surface area contributed by atoms with E-state index in [1.807, 2.05) is 24.0 Å². The number of imidazole rings is 1. The topological polar surface area (TPSA) is 58.5 Å². The Morgan fingerprint density at radius 1 is 1.15 bits per heavy atom. The molecule has 0 aliphatic heterocycles. The van der Waals surface area contributed by atoms with E-state index in [-0.39, 0.29) is 11.0 Å². The number of aromatic nitrogens is 4. The monoisotopic (exact) mass is 275 g/mol. The maximum absolute atomic E-state index is 4.52. The van der Waals surface area contributed by atoms with E-state index in [9.17, 15) is 0 Å². The van der Waals surface area contributed by atoms with E-state index in [0.717, 1.165) is 23.0 Å². The van der Waals surface area contributed by atoms with Crippen molar-refractivity contribution in [2.45, 2.75) is 52.5 Å². The van der Waals surface area contributed by atoms with Crippen molar-refractivity contribution in [3.05, 3.63) is 18.0 Å². The molecule has 0 spiro atoms. The third-order valence-electron chi connectivity index (χ3n) is 3.01. The minimum atomic E-state index is 0.00476. The van der Waals surface area contributed by atoms with Crippen molar-refractivity contribution < 1.29 is 0 Å². The first-order valence-corrected chi connectivity index (χ1v) is 6.94. The summed E-state index contributed by atoms with van der Waals surface area (Å²) in [4.78, 5) is 7.80. The second-order valence-corrected chi connectivity index (χ2v) is 7.31. The highest BCUT2D eigenvalue weighted by Crippen LogP contribution is 2.25. The SMILES string of the molecule is Cn1nc(-c2ncc(C(C)(C)C)[nH]2)cc1NC(C)(C)C. The molecule has 0 saturated carbocycles. The van der Waals surface area contributed by atoms with E-state index in [2.05, 4.69) is 61.9 Å². The highest BCUT2D eigenvalue weighted by Gasteiger charge is 2.19. The van der Waals surface area contributed by atoms with Crippen LogP contribution in [0.5, 0.6) is 0 Å². The third kappa shape index (κ3) is 3.21. The van der Waals surface area contributed by atoms with Gasteiger partial charge in [0, 0.05) is 36.0 Å². The molecular weight excluding hydrogens is 250 g/mol. The van der Waals surface area contributed by atoms with E-state index < -0.39 is 0 Å². The maximum atomic E-state index is 4.52. The van der Waals surface area contributed by atoms with Crippen LogP contribution in [0.15, 0.2) is 12.3 Å². The average Bonchev–Trinajstić information content (AvgIpc) is 2.83. The van der Waals surface area contributed by atoms with Crippen molar-refractivity contribution in [1.29, 1.82) is 0 Å². The fourth-order valence-electron chi connectivity index (χ4n) is 1.92. The van der Waals surface area contributed by atoms with Gasteiger partial charge >= 0.3 is 0 Å². The van der Waals surface area contributed by atoms with Crippen LogP contribution in [0.3, 0.4) is 0 Å². The van der Waals surface area contributed by atoms with E-state index >= 15 is 0 Å². The summed E-state index contributed by atoms with van der Waals surface area (Å²) >= 11 is 0. The Labute approximate surface area is 120 Å². The first kappa shape index (κ1) is 14.6. The van der Waals surface area contributed by atoms with Gasteiger partial charge in [-0.2, -0.15) is 5.10 Å². The highest BCUT2D eigenvalue weighted by atomic mass is 15.3. The number of H-pyrrole nitrogens is 1. The van der Waals surface area contributed by atoms with E-state index in [1.165, 1.54) is 0 Å². The average molecular weight is 275 g/mol. The molecule has 0 amide bonds. The number of nitrogens with zero attached hydrogens (tertiary/aromatic N) is 3. The smallest absolute Gasteiger partial charge is 0.158 e. The molecule has 2 N–H and O–H groups in total. The lowest BCUT2D eigenvalue weighted by Crippen LogP contribution is -2.27. The lowest BCUT2D eigenvalue weighted by Gasteiger charge is -2.21. The minimum Gasteiger partial charge on any atom is -0.366 e. The highest BCUT2D eigenvalue weighted by molar-refractivity contribution is 5.57. The van der Waals surface area contributed by atoms with Crippen LogP contribution < -0.4 is 5.32 Å². The standard InChI is InChI=1S/C15H25N5/c1-14(2,3)11-9-16-13(17-11)10-8-12(20(7)19-10)18-15(4,5)6/h8-9,18H,1-7H3,(H,16,17). The summed E-state index contributed by atoms with van der Waals surface area (Å²) in [5, 5.41) is 7.96. The molecule has 0 radical (unpaired) electrons. The zero-order valence-electron chi connectivity index (χ0n) is 13.5. The predicted octanol–water partition coefficient (Wildman–Crippen LogP) is 3.32. The van der Waals surface area contributed by atoms with Gasteiger partial charge in [0.15, 0.2) is 5.82 Å². The molecule has 0 aromatic carbocycles. The van der Waals surface area contributed by atoms with Gasteiger partial charge in [0.2, 0.25) is 0 Å². The molecule has 0 aliphatic carbocycles. The molecule has 5 heteroatoms. The van der Waals surface area contributed by atoms with Crippen LogP contribution in [-0.2, 0) is 12.5 Å². The minimum absolute atomic E-state index is 0.00476. The Morgan fingerprint density at radius 3 is 2.30 bits per heavy atom. The van der Waals surface area contributed by atoms with Crippen LogP contribution in [0.4, 0.5) is 5.82 Å². The van der Waals surface area contributed by atoms with Crippen molar-refractivity contribution in [3.8, 4) is 11.5 Å². The Bertz CT molecular complexity index is 593. The summed E-state index contributed by atoms with van der Waals surface area (Å²) in [6.07, 6.45) is 1.89. The van der Waals surface area contributed by atoms with Gasteiger partial charge < -0.3 is 10.3 Å². The van der Waals surface area contributed by atoms with Crippen LogP contribution in [0.2, 0.25) is 0 Å². The van der Waals surface area contributed by atoms with Crippen LogP contribution in [-0.4, -0.2) is 25.3 Å².